The van der Waals surface area contributed by atoms with Gasteiger partial charge in [-0.25, -0.2) is 18.6 Å². The Morgan fingerprint density at radius 1 is 1.29 bits per heavy atom. The van der Waals surface area contributed by atoms with Crippen LogP contribution >= 0.6 is 0 Å². The minimum atomic E-state index is -3.81. The maximum Gasteiger partial charge on any atom is 0.433 e. The lowest BCUT2D eigenvalue weighted by Gasteiger charge is -2.07. The first kappa shape index (κ1) is 17.3. The summed E-state index contributed by atoms with van der Waals surface area (Å²) in [4.78, 5) is 21.6. The van der Waals surface area contributed by atoms with Gasteiger partial charge in [-0.05, 0) is 25.2 Å². The van der Waals surface area contributed by atoms with Crippen LogP contribution in [-0.4, -0.2) is 32.5 Å². The average Bonchev–Trinajstić information content (AvgIpc) is 3.04. The summed E-state index contributed by atoms with van der Waals surface area (Å²) in [6.07, 6.45) is 1.06. The van der Waals surface area contributed by atoms with Gasteiger partial charge in [0.15, 0.2) is 5.76 Å². The molecule has 0 spiro atoms. The van der Waals surface area contributed by atoms with Gasteiger partial charge in [0.05, 0.1) is 22.7 Å². The fourth-order valence-corrected chi connectivity index (χ4v) is 2.65. The van der Waals surface area contributed by atoms with Crippen molar-refractivity contribution in [1.82, 2.24) is 10.1 Å². The molecule has 0 atom stereocenters. The van der Waals surface area contributed by atoms with Crippen LogP contribution in [0.1, 0.15) is 16.1 Å². The van der Waals surface area contributed by atoms with Crippen LogP contribution in [0.5, 0.6) is 0 Å². The molecule has 24 heavy (non-hydrogen) atoms. The zero-order valence-corrected chi connectivity index (χ0v) is 13.1. The highest BCUT2D eigenvalue weighted by molar-refractivity contribution is 7.89. The Bertz CT molecular complexity index is 903. The third-order valence-corrected chi connectivity index (χ3v) is 4.31. The maximum atomic E-state index is 12.1. The molecule has 1 amide bonds. The summed E-state index contributed by atoms with van der Waals surface area (Å²) in [5.41, 5.74) is 2.03. The van der Waals surface area contributed by atoms with Gasteiger partial charge in [-0.3, -0.25) is 14.9 Å². The van der Waals surface area contributed by atoms with Gasteiger partial charge in [-0.2, -0.15) is 5.10 Å². The van der Waals surface area contributed by atoms with Gasteiger partial charge in [0.2, 0.25) is 10.0 Å². The summed E-state index contributed by atoms with van der Waals surface area (Å²) in [7, 11) is -2.59. The average molecular weight is 352 g/mol. The molecule has 0 saturated carbocycles. The highest BCUT2D eigenvalue weighted by Crippen LogP contribution is 2.15. The summed E-state index contributed by atoms with van der Waals surface area (Å²) in [6, 6.07) is 8.02. The number of hydrogen-bond donors (Lipinski definition) is 2. The van der Waals surface area contributed by atoms with Crippen molar-refractivity contribution in [2.75, 3.05) is 7.05 Å². The Labute approximate surface area is 136 Å². The van der Waals surface area contributed by atoms with Gasteiger partial charge >= 0.3 is 5.88 Å². The zero-order chi connectivity index (χ0) is 17.7. The molecule has 1 heterocycles. The molecule has 2 aromatic rings. The number of nitrogens with one attached hydrogen (secondary N) is 2. The Balaban J connectivity index is 2.16. The van der Waals surface area contributed by atoms with Gasteiger partial charge < -0.3 is 4.42 Å². The second kappa shape index (κ2) is 7.02. The number of sulfonamides is 1. The van der Waals surface area contributed by atoms with Gasteiger partial charge in [-0.15, -0.1) is 0 Å². The summed E-state index contributed by atoms with van der Waals surface area (Å²) in [6.45, 7) is 0. The van der Waals surface area contributed by atoms with Crippen molar-refractivity contribution in [2.45, 2.75) is 4.90 Å². The third kappa shape index (κ3) is 3.83. The molecule has 11 heteroatoms. The van der Waals surface area contributed by atoms with Crippen LogP contribution in [-0.2, 0) is 10.0 Å². The summed E-state index contributed by atoms with van der Waals surface area (Å²) in [5, 5.41) is 14.1. The van der Waals surface area contributed by atoms with Crippen LogP contribution in [0.3, 0.4) is 0 Å². The van der Waals surface area contributed by atoms with E-state index in [2.05, 4.69) is 15.2 Å². The van der Waals surface area contributed by atoms with Crippen molar-refractivity contribution >= 4 is 28.0 Å². The van der Waals surface area contributed by atoms with E-state index >= 15 is 0 Å². The van der Waals surface area contributed by atoms with Crippen molar-refractivity contribution in [2.24, 2.45) is 5.10 Å². The lowest BCUT2D eigenvalue weighted by molar-refractivity contribution is -0.402. The number of benzene rings is 1. The van der Waals surface area contributed by atoms with Crippen LogP contribution in [0.4, 0.5) is 5.88 Å². The largest absolute Gasteiger partial charge is 0.433 e. The number of carbonyl (C=O) groups is 1. The van der Waals surface area contributed by atoms with Crippen LogP contribution in [0.15, 0.2) is 50.8 Å². The van der Waals surface area contributed by atoms with Gasteiger partial charge in [0, 0.05) is 0 Å². The van der Waals surface area contributed by atoms with E-state index in [-0.39, 0.29) is 16.2 Å². The Morgan fingerprint density at radius 3 is 2.62 bits per heavy atom. The molecule has 0 aliphatic carbocycles. The summed E-state index contributed by atoms with van der Waals surface area (Å²) in [5.74, 6) is -1.17. The van der Waals surface area contributed by atoms with E-state index in [1.54, 1.807) is 0 Å². The van der Waals surface area contributed by atoms with Gasteiger partial charge in [0.1, 0.15) is 4.92 Å². The van der Waals surface area contributed by atoms with Gasteiger partial charge in [0.25, 0.3) is 5.91 Å². The highest BCUT2D eigenvalue weighted by atomic mass is 32.2. The quantitative estimate of drug-likeness (QED) is 0.448. The molecule has 0 bridgehead atoms. The van der Waals surface area contributed by atoms with Crippen LogP contribution in [0, 0.1) is 10.1 Å². The third-order valence-electron chi connectivity index (χ3n) is 2.84. The Kier molecular flexibility index (Phi) is 5.06. The lowest BCUT2D eigenvalue weighted by atomic mass is 10.2. The second-order valence-electron chi connectivity index (χ2n) is 4.34. The number of nitro groups is 1. The van der Waals surface area contributed by atoms with Crippen LogP contribution in [0.2, 0.25) is 0 Å². The van der Waals surface area contributed by atoms with Crippen LogP contribution < -0.4 is 10.1 Å². The normalized spacial score (nSPS) is 11.5. The predicted octanol–water partition coefficient (Wildman–Crippen LogP) is 0.860. The van der Waals surface area contributed by atoms with E-state index in [9.17, 15) is 23.3 Å². The number of hydrogen-bond acceptors (Lipinski definition) is 7. The fourth-order valence-electron chi connectivity index (χ4n) is 1.72. The van der Waals surface area contributed by atoms with Crippen molar-refractivity contribution in [3.8, 4) is 0 Å². The van der Waals surface area contributed by atoms with Crippen LogP contribution in [0.25, 0.3) is 0 Å². The van der Waals surface area contributed by atoms with E-state index < -0.39 is 26.7 Å². The molecule has 2 rings (SSSR count). The zero-order valence-electron chi connectivity index (χ0n) is 12.3. The topological polar surface area (TPSA) is 144 Å². The van der Waals surface area contributed by atoms with Crippen molar-refractivity contribution < 1.29 is 22.6 Å². The maximum absolute atomic E-state index is 12.1. The number of nitrogens with zero attached hydrogens (tertiary/aromatic N) is 2. The monoisotopic (exact) mass is 352 g/mol. The lowest BCUT2D eigenvalue weighted by Crippen LogP contribution is -2.25. The number of hydrazone groups is 1. The van der Waals surface area contributed by atoms with E-state index in [4.69, 9.17) is 4.42 Å². The number of amides is 1. The molecule has 0 aliphatic heterocycles. The van der Waals surface area contributed by atoms with Crippen molar-refractivity contribution in [3.63, 3.8) is 0 Å². The summed E-state index contributed by atoms with van der Waals surface area (Å²) < 4.78 is 30.7. The first-order valence-electron chi connectivity index (χ1n) is 6.45. The minimum Gasteiger partial charge on any atom is -0.400 e. The van der Waals surface area contributed by atoms with E-state index in [1.807, 2.05) is 0 Å². The Morgan fingerprint density at radius 2 is 2.00 bits per heavy atom. The molecule has 126 valence electrons. The van der Waals surface area contributed by atoms with E-state index in [1.165, 1.54) is 37.4 Å². The molecule has 1 aromatic carbocycles. The van der Waals surface area contributed by atoms with E-state index in [0.717, 1.165) is 12.3 Å². The standard InChI is InChI=1S/C13H12N4O6S/c1-14-24(21,22)11-5-3-2-4-10(11)13(18)16-15-8-9-6-7-12(23-9)17(19)20/h2-8,14H,1H3,(H,16,18)/b15-8+. The molecular weight excluding hydrogens is 340 g/mol. The highest BCUT2D eigenvalue weighted by Gasteiger charge is 2.20. The number of rotatable bonds is 6. The predicted molar refractivity (Wildman–Crippen MR) is 83.1 cm³/mol. The molecule has 1 aromatic heterocycles. The first-order chi connectivity index (χ1) is 11.3. The number of furan rings is 1. The molecule has 10 nitrogen and oxygen atoms in total. The molecule has 0 saturated heterocycles. The molecule has 0 unspecified atom stereocenters. The Hall–Kier alpha value is -3.05. The first-order valence-corrected chi connectivity index (χ1v) is 7.93. The van der Waals surface area contributed by atoms with E-state index in [0.29, 0.717) is 0 Å². The van der Waals surface area contributed by atoms with Crippen molar-refractivity contribution in [3.05, 3.63) is 57.8 Å². The minimum absolute atomic E-state index is 0.0538. The SMILES string of the molecule is CNS(=O)(=O)c1ccccc1C(=O)N/N=C/c1ccc([N+](=O)[O-])o1. The van der Waals surface area contributed by atoms with Gasteiger partial charge in [-0.1, -0.05) is 12.1 Å². The molecule has 2 N–H and O–H groups in total. The molecule has 0 radical (unpaired) electrons. The smallest absolute Gasteiger partial charge is 0.400 e. The molecular formula is C13H12N4O6S. The molecule has 0 fully saturated rings. The fraction of sp³-hybridized carbons (Fsp3) is 0.0769. The summed E-state index contributed by atoms with van der Waals surface area (Å²) >= 11 is 0. The second-order valence-corrected chi connectivity index (χ2v) is 6.19. The van der Waals surface area contributed by atoms with Crippen molar-refractivity contribution in [1.29, 1.82) is 0 Å². The molecule has 0 aliphatic rings. The number of carbonyl (C=O) groups excluding carboxylic acids is 1.